The first kappa shape index (κ1) is 14.5. The summed E-state index contributed by atoms with van der Waals surface area (Å²) in [5, 5.41) is 8.95. The maximum Gasteiger partial charge on any atom is 0.308 e. The summed E-state index contributed by atoms with van der Waals surface area (Å²) in [5.74, 6) is -1.52. The van der Waals surface area contributed by atoms with Crippen LogP contribution in [0.1, 0.15) is 17.5 Å². The first-order chi connectivity index (χ1) is 9.45. The van der Waals surface area contributed by atoms with Crippen molar-refractivity contribution in [2.24, 2.45) is 5.92 Å². The molecule has 20 heavy (non-hydrogen) atoms. The zero-order valence-electron chi connectivity index (χ0n) is 11.9. The third kappa shape index (κ3) is 3.57. The molecule has 1 amide bonds. The summed E-state index contributed by atoms with van der Waals surface area (Å²) in [7, 11) is 4.03. The fraction of sp³-hybridized carbons (Fsp3) is 0.467. The molecule has 1 aromatic carbocycles. The Balaban J connectivity index is 1.97. The van der Waals surface area contributed by atoms with Crippen LogP contribution in [0.2, 0.25) is 0 Å². The molecule has 1 unspecified atom stereocenters. The van der Waals surface area contributed by atoms with Gasteiger partial charge in [0.2, 0.25) is 5.91 Å². The average Bonchev–Trinajstić information content (AvgIpc) is 2.73. The number of carbonyl (C=O) groups excluding carboxylic acids is 1. The highest BCUT2D eigenvalue weighted by Gasteiger charge is 2.33. The van der Waals surface area contributed by atoms with Gasteiger partial charge in [-0.05, 0) is 25.2 Å². The molecule has 1 aromatic rings. The van der Waals surface area contributed by atoms with Gasteiger partial charge in [-0.3, -0.25) is 9.59 Å². The molecular formula is C15H20N2O3. The van der Waals surface area contributed by atoms with E-state index in [-0.39, 0.29) is 12.3 Å². The number of rotatable bonds is 5. The first-order valence-corrected chi connectivity index (χ1v) is 6.69. The highest BCUT2D eigenvalue weighted by molar-refractivity contribution is 5.86. The average molecular weight is 276 g/mol. The topological polar surface area (TPSA) is 60.9 Å². The van der Waals surface area contributed by atoms with Crippen LogP contribution in [0.4, 0.5) is 0 Å². The van der Waals surface area contributed by atoms with Gasteiger partial charge in [-0.1, -0.05) is 24.3 Å². The van der Waals surface area contributed by atoms with Crippen LogP contribution in [0.15, 0.2) is 24.3 Å². The molecule has 5 heteroatoms. The van der Waals surface area contributed by atoms with Crippen molar-refractivity contribution in [1.29, 1.82) is 0 Å². The van der Waals surface area contributed by atoms with E-state index in [9.17, 15) is 9.59 Å². The number of hydrogen-bond acceptors (Lipinski definition) is 3. The number of amides is 1. The maximum absolute atomic E-state index is 11.8. The molecule has 1 atom stereocenters. The van der Waals surface area contributed by atoms with E-state index >= 15 is 0 Å². The van der Waals surface area contributed by atoms with E-state index in [1.165, 1.54) is 5.56 Å². The van der Waals surface area contributed by atoms with Crippen molar-refractivity contribution < 1.29 is 14.7 Å². The summed E-state index contributed by atoms with van der Waals surface area (Å²) in [5.41, 5.74) is 2.25. The quantitative estimate of drug-likeness (QED) is 0.877. The van der Waals surface area contributed by atoms with Gasteiger partial charge in [-0.25, -0.2) is 0 Å². The van der Waals surface area contributed by atoms with Gasteiger partial charge in [-0.15, -0.1) is 0 Å². The Morgan fingerprint density at radius 2 is 1.90 bits per heavy atom. The normalized spacial score (nSPS) is 18.9. The molecule has 1 aliphatic heterocycles. The summed E-state index contributed by atoms with van der Waals surface area (Å²) in [6, 6.07) is 8.09. The van der Waals surface area contributed by atoms with Gasteiger partial charge < -0.3 is 14.9 Å². The van der Waals surface area contributed by atoms with E-state index in [0.717, 1.165) is 12.1 Å². The predicted molar refractivity (Wildman–Crippen MR) is 75.0 cm³/mol. The SMILES string of the molecule is CN(C)Cc1ccc(CN2CC(C(=O)O)CC2=O)cc1. The van der Waals surface area contributed by atoms with Crippen LogP contribution in [0, 0.1) is 5.92 Å². The Bertz CT molecular complexity index is 496. The monoisotopic (exact) mass is 276 g/mol. The van der Waals surface area contributed by atoms with Crippen LogP contribution in [-0.2, 0) is 22.7 Å². The molecule has 0 radical (unpaired) electrons. The summed E-state index contributed by atoms with van der Waals surface area (Å²) in [6.07, 6.45) is 0.119. The molecule has 0 aromatic heterocycles. The van der Waals surface area contributed by atoms with Gasteiger partial charge in [0.1, 0.15) is 0 Å². The van der Waals surface area contributed by atoms with Gasteiger partial charge in [0.15, 0.2) is 0 Å². The molecule has 2 rings (SSSR count). The number of benzene rings is 1. The molecule has 1 saturated heterocycles. The van der Waals surface area contributed by atoms with E-state index in [1.807, 2.05) is 38.4 Å². The molecule has 1 heterocycles. The Morgan fingerprint density at radius 3 is 2.40 bits per heavy atom. The number of carboxylic acid groups (broad SMARTS) is 1. The molecule has 108 valence electrons. The van der Waals surface area contributed by atoms with Crippen molar-refractivity contribution in [1.82, 2.24) is 9.80 Å². The van der Waals surface area contributed by atoms with E-state index < -0.39 is 11.9 Å². The van der Waals surface area contributed by atoms with Crippen molar-refractivity contribution in [2.75, 3.05) is 20.6 Å². The smallest absolute Gasteiger partial charge is 0.308 e. The van der Waals surface area contributed by atoms with Gasteiger partial charge in [0.05, 0.1) is 5.92 Å². The van der Waals surface area contributed by atoms with Crippen LogP contribution < -0.4 is 0 Å². The lowest BCUT2D eigenvalue weighted by atomic mass is 10.1. The van der Waals surface area contributed by atoms with E-state index in [0.29, 0.717) is 13.1 Å². The van der Waals surface area contributed by atoms with Gasteiger partial charge in [0.25, 0.3) is 0 Å². The molecule has 0 spiro atoms. The minimum Gasteiger partial charge on any atom is -0.481 e. The van der Waals surface area contributed by atoms with Crippen molar-refractivity contribution in [2.45, 2.75) is 19.5 Å². The highest BCUT2D eigenvalue weighted by atomic mass is 16.4. The summed E-state index contributed by atoms with van der Waals surface area (Å²) >= 11 is 0. The van der Waals surface area contributed by atoms with Crippen LogP contribution in [-0.4, -0.2) is 47.4 Å². The van der Waals surface area contributed by atoms with Crippen molar-refractivity contribution in [3.05, 3.63) is 35.4 Å². The molecule has 0 aliphatic carbocycles. The zero-order chi connectivity index (χ0) is 14.7. The van der Waals surface area contributed by atoms with Crippen molar-refractivity contribution in [3.8, 4) is 0 Å². The molecule has 0 bridgehead atoms. The number of carbonyl (C=O) groups is 2. The van der Waals surface area contributed by atoms with Crippen molar-refractivity contribution >= 4 is 11.9 Å². The Hall–Kier alpha value is -1.88. The fourth-order valence-corrected chi connectivity index (χ4v) is 2.43. The molecule has 1 fully saturated rings. The third-order valence-corrected chi connectivity index (χ3v) is 3.46. The number of likely N-dealkylation sites (tertiary alicyclic amines) is 1. The standard InChI is InChI=1S/C15H20N2O3/c1-16(2)8-11-3-5-12(6-4-11)9-17-10-13(15(19)20)7-14(17)18/h3-6,13H,7-10H2,1-2H3,(H,19,20). The predicted octanol–water partition coefficient (Wildman–Crippen LogP) is 1.18. The zero-order valence-corrected chi connectivity index (χ0v) is 11.9. The summed E-state index contributed by atoms with van der Waals surface area (Å²) < 4.78 is 0. The lowest BCUT2D eigenvalue weighted by Crippen LogP contribution is -2.25. The van der Waals surface area contributed by atoms with Crippen LogP contribution in [0.25, 0.3) is 0 Å². The summed E-state index contributed by atoms with van der Waals surface area (Å²) in [6.45, 7) is 1.68. The largest absolute Gasteiger partial charge is 0.481 e. The Labute approximate surface area is 118 Å². The molecular weight excluding hydrogens is 256 g/mol. The minimum absolute atomic E-state index is 0.0743. The van der Waals surface area contributed by atoms with Gasteiger partial charge in [0, 0.05) is 26.1 Å². The third-order valence-electron chi connectivity index (χ3n) is 3.46. The summed E-state index contributed by atoms with van der Waals surface area (Å²) in [4.78, 5) is 26.4. The molecule has 1 N–H and O–H groups in total. The number of aliphatic carboxylic acids is 1. The second-order valence-corrected chi connectivity index (χ2v) is 5.57. The van der Waals surface area contributed by atoms with Crippen molar-refractivity contribution in [3.63, 3.8) is 0 Å². The second-order valence-electron chi connectivity index (χ2n) is 5.57. The molecule has 5 nitrogen and oxygen atoms in total. The van der Waals surface area contributed by atoms with Crippen LogP contribution in [0.3, 0.4) is 0 Å². The molecule has 1 aliphatic rings. The Morgan fingerprint density at radius 1 is 1.30 bits per heavy atom. The fourth-order valence-electron chi connectivity index (χ4n) is 2.43. The number of nitrogens with zero attached hydrogens (tertiary/aromatic N) is 2. The van der Waals surface area contributed by atoms with E-state index in [2.05, 4.69) is 4.90 Å². The van der Waals surface area contributed by atoms with E-state index in [4.69, 9.17) is 5.11 Å². The van der Waals surface area contributed by atoms with Gasteiger partial charge >= 0.3 is 5.97 Å². The van der Waals surface area contributed by atoms with Crippen LogP contribution in [0.5, 0.6) is 0 Å². The lowest BCUT2D eigenvalue weighted by Gasteiger charge is -2.16. The van der Waals surface area contributed by atoms with Gasteiger partial charge in [-0.2, -0.15) is 0 Å². The second kappa shape index (κ2) is 6.05. The van der Waals surface area contributed by atoms with Crippen LogP contribution >= 0.6 is 0 Å². The first-order valence-electron chi connectivity index (χ1n) is 6.69. The maximum atomic E-state index is 11.8. The van der Waals surface area contributed by atoms with E-state index in [1.54, 1.807) is 4.90 Å². The lowest BCUT2D eigenvalue weighted by molar-refractivity contribution is -0.141. The minimum atomic E-state index is -0.887. The highest BCUT2D eigenvalue weighted by Crippen LogP contribution is 2.20. The molecule has 0 saturated carbocycles. The number of carboxylic acids is 1. The Kier molecular flexibility index (Phi) is 4.39. The number of hydrogen-bond donors (Lipinski definition) is 1.